The van der Waals surface area contributed by atoms with Crippen LogP contribution in [0.2, 0.25) is 0 Å². The van der Waals surface area contributed by atoms with Gasteiger partial charge in [0.15, 0.2) is 0 Å². The molecule has 1 heterocycles. The van der Waals surface area contributed by atoms with Crippen molar-refractivity contribution in [2.45, 2.75) is 20.0 Å². The second-order valence-corrected chi connectivity index (χ2v) is 5.16. The Kier molecular flexibility index (Phi) is 3.90. The second-order valence-electron chi connectivity index (χ2n) is 5.16. The van der Waals surface area contributed by atoms with Gasteiger partial charge in [0.25, 0.3) is 0 Å². The van der Waals surface area contributed by atoms with E-state index in [0.29, 0.717) is 0 Å². The number of hydrogen-bond acceptors (Lipinski definition) is 2. The van der Waals surface area contributed by atoms with Crippen LogP contribution in [0.25, 0.3) is 10.9 Å². The van der Waals surface area contributed by atoms with Crippen molar-refractivity contribution in [3.05, 3.63) is 36.0 Å². The molecule has 0 aliphatic carbocycles. The predicted molar refractivity (Wildman–Crippen MR) is 75.7 cm³/mol. The first-order valence-corrected chi connectivity index (χ1v) is 6.50. The van der Waals surface area contributed by atoms with E-state index in [1.165, 1.54) is 0 Å². The van der Waals surface area contributed by atoms with Crippen molar-refractivity contribution in [2.24, 2.45) is 13.0 Å². The summed E-state index contributed by atoms with van der Waals surface area (Å²) in [6.07, 6.45) is 1.31. The van der Waals surface area contributed by atoms with E-state index in [4.69, 9.17) is 0 Å². The zero-order valence-electron chi connectivity index (χ0n) is 11.6. The third-order valence-corrected chi connectivity index (χ3v) is 3.29. The number of nitrogens with zero attached hydrogens (tertiary/aromatic N) is 1. The van der Waals surface area contributed by atoms with E-state index in [2.05, 4.69) is 5.32 Å². The molecule has 0 saturated heterocycles. The average Bonchev–Trinajstić information content (AvgIpc) is 2.76. The van der Waals surface area contributed by atoms with E-state index < -0.39 is 6.10 Å². The van der Waals surface area contributed by atoms with Gasteiger partial charge in [-0.05, 0) is 29.1 Å². The topological polar surface area (TPSA) is 54.3 Å². The van der Waals surface area contributed by atoms with E-state index in [0.717, 1.165) is 16.5 Å². The number of aliphatic hydroxyl groups is 1. The summed E-state index contributed by atoms with van der Waals surface area (Å²) in [6.45, 7) is 3.91. The van der Waals surface area contributed by atoms with Crippen molar-refractivity contribution in [3.63, 3.8) is 0 Å². The maximum Gasteiger partial charge on any atom is 0.222 e. The standard InChI is InChI=1S/C15H20N2O2/c1-10(2)15(19)16-9-14(18)12-4-5-13-11(8-12)6-7-17(13)3/h4-8,10,14,18H,9H2,1-3H3,(H,16,19). The van der Waals surface area contributed by atoms with E-state index in [1.807, 2.05) is 55.9 Å². The second kappa shape index (κ2) is 5.45. The average molecular weight is 260 g/mol. The molecule has 0 saturated carbocycles. The van der Waals surface area contributed by atoms with E-state index in [1.54, 1.807) is 0 Å². The SMILES string of the molecule is CC(C)C(=O)NCC(O)c1ccc2c(ccn2C)c1. The summed E-state index contributed by atoms with van der Waals surface area (Å²) in [5.41, 5.74) is 1.95. The fraction of sp³-hybridized carbons (Fsp3) is 0.400. The van der Waals surface area contributed by atoms with Gasteiger partial charge in [0.1, 0.15) is 0 Å². The van der Waals surface area contributed by atoms with Crippen LogP contribution in [0.1, 0.15) is 25.5 Å². The molecule has 0 bridgehead atoms. The quantitative estimate of drug-likeness (QED) is 0.883. The lowest BCUT2D eigenvalue weighted by atomic mass is 10.1. The number of aryl methyl sites for hydroxylation is 1. The van der Waals surface area contributed by atoms with Crippen LogP contribution in [0.15, 0.2) is 30.5 Å². The first-order valence-electron chi connectivity index (χ1n) is 6.50. The smallest absolute Gasteiger partial charge is 0.222 e. The minimum Gasteiger partial charge on any atom is -0.387 e. The first kappa shape index (κ1) is 13.6. The molecule has 4 nitrogen and oxygen atoms in total. The summed E-state index contributed by atoms with van der Waals surface area (Å²) in [5.74, 6) is -0.108. The zero-order chi connectivity index (χ0) is 14.0. The fourth-order valence-electron chi connectivity index (χ4n) is 2.03. The highest BCUT2D eigenvalue weighted by atomic mass is 16.3. The molecule has 1 atom stereocenters. The number of aliphatic hydroxyl groups excluding tert-OH is 1. The number of hydrogen-bond donors (Lipinski definition) is 2. The highest BCUT2D eigenvalue weighted by molar-refractivity contribution is 5.81. The Morgan fingerprint density at radius 1 is 1.37 bits per heavy atom. The van der Waals surface area contributed by atoms with Crippen LogP contribution in [0.5, 0.6) is 0 Å². The Labute approximate surface area is 113 Å². The van der Waals surface area contributed by atoms with Crippen molar-refractivity contribution in [3.8, 4) is 0 Å². The van der Waals surface area contributed by atoms with Crippen LogP contribution in [-0.4, -0.2) is 22.1 Å². The number of carbonyl (C=O) groups excluding carboxylic acids is 1. The molecule has 1 amide bonds. The van der Waals surface area contributed by atoms with Gasteiger partial charge >= 0.3 is 0 Å². The fourth-order valence-corrected chi connectivity index (χ4v) is 2.03. The highest BCUT2D eigenvalue weighted by Crippen LogP contribution is 2.20. The van der Waals surface area contributed by atoms with Crippen LogP contribution in [0, 0.1) is 5.92 Å². The van der Waals surface area contributed by atoms with Gasteiger partial charge in [0, 0.05) is 31.2 Å². The molecule has 2 rings (SSSR count). The van der Waals surface area contributed by atoms with Gasteiger partial charge < -0.3 is 15.0 Å². The molecule has 2 aromatic rings. The van der Waals surface area contributed by atoms with Crippen LogP contribution < -0.4 is 5.32 Å². The number of rotatable bonds is 4. The lowest BCUT2D eigenvalue weighted by Crippen LogP contribution is -2.31. The molecular formula is C15H20N2O2. The number of carbonyl (C=O) groups is 1. The Morgan fingerprint density at radius 3 is 2.79 bits per heavy atom. The number of nitrogens with one attached hydrogen (secondary N) is 1. The highest BCUT2D eigenvalue weighted by Gasteiger charge is 2.12. The molecule has 0 aliphatic rings. The molecule has 0 aliphatic heterocycles. The molecule has 1 aromatic heterocycles. The zero-order valence-corrected chi connectivity index (χ0v) is 11.6. The summed E-state index contributed by atoms with van der Waals surface area (Å²) < 4.78 is 2.03. The molecule has 2 N–H and O–H groups in total. The van der Waals surface area contributed by atoms with Crippen molar-refractivity contribution >= 4 is 16.8 Å². The molecule has 4 heteroatoms. The van der Waals surface area contributed by atoms with Crippen LogP contribution >= 0.6 is 0 Å². The molecule has 19 heavy (non-hydrogen) atoms. The summed E-state index contributed by atoms with van der Waals surface area (Å²) >= 11 is 0. The maximum absolute atomic E-state index is 11.5. The van der Waals surface area contributed by atoms with Crippen LogP contribution in [-0.2, 0) is 11.8 Å². The number of benzene rings is 1. The Hall–Kier alpha value is -1.81. The number of aromatic nitrogens is 1. The summed E-state index contributed by atoms with van der Waals surface area (Å²) in [5, 5.41) is 13.9. The van der Waals surface area contributed by atoms with Gasteiger partial charge in [-0.1, -0.05) is 19.9 Å². The minimum atomic E-state index is -0.674. The van der Waals surface area contributed by atoms with E-state index in [-0.39, 0.29) is 18.4 Å². The van der Waals surface area contributed by atoms with Gasteiger partial charge in [0.2, 0.25) is 5.91 Å². The Bertz CT molecular complexity index is 587. The third-order valence-electron chi connectivity index (χ3n) is 3.29. The van der Waals surface area contributed by atoms with Crippen molar-refractivity contribution in [2.75, 3.05) is 6.54 Å². The van der Waals surface area contributed by atoms with Crippen molar-refractivity contribution < 1.29 is 9.90 Å². The molecule has 0 fully saturated rings. The van der Waals surface area contributed by atoms with Gasteiger partial charge in [0.05, 0.1) is 6.10 Å². The van der Waals surface area contributed by atoms with Crippen LogP contribution in [0.4, 0.5) is 0 Å². The number of fused-ring (bicyclic) bond motifs is 1. The third kappa shape index (κ3) is 2.96. The van der Waals surface area contributed by atoms with Crippen molar-refractivity contribution in [1.82, 2.24) is 9.88 Å². The molecule has 1 aromatic carbocycles. The lowest BCUT2D eigenvalue weighted by molar-refractivity contribution is -0.124. The van der Waals surface area contributed by atoms with Gasteiger partial charge in [-0.3, -0.25) is 4.79 Å². The summed E-state index contributed by atoms with van der Waals surface area (Å²) in [7, 11) is 1.99. The monoisotopic (exact) mass is 260 g/mol. The van der Waals surface area contributed by atoms with Crippen LogP contribution in [0.3, 0.4) is 0 Å². The molecular weight excluding hydrogens is 240 g/mol. The summed E-state index contributed by atoms with van der Waals surface area (Å²) in [4.78, 5) is 11.5. The first-order chi connectivity index (χ1) is 8.99. The van der Waals surface area contributed by atoms with Gasteiger partial charge in [-0.25, -0.2) is 0 Å². The minimum absolute atomic E-state index is 0.0418. The van der Waals surface area contributed by atoms with E-state index in [9.17, 15) is 9.90 Å². The molecule has 0 spiro atoms. The molecule has 0 radical (unpaired) electrons. The lowest BCUT2D eigenvalue weighted by Gasteiger charge is -2.14. The van der Waals surface area contributed by atoms with E-state index >= 15 is 0 Å². The predicted octanol–water partition coefficient (Wildman–Crippen LogP) is 1.98. The molecule has 102 valence electrons. The molecule has 1 unspecified atom stereocenters. The summed E-state index contributed by atoms with van der Waals surface area (Å²) in [6, 6.07) is 7.85. The maximum atomic E-state index is 11.5. The van der Waals surface area contributed by atoms with Gasteiger partial charge in [-0.2, -0.15) is 0 Å². The Balaban J connectivity index is 2.08. The Morgan fingerprint density at radius 2 is 2.11 bits per heavy atom. The van der Waals surface area contributed by atoms with Crippen molar-refractivity contribution in [1.29, 1.82) is 0 Å². The normalized spacial score (nSPS) is 12.9. The number of amides is 1. The van der Waals surface area contributed by atoms with Gasteiger partial charge in [-0.15, -0.1) is 0 Å². The largest absolute Gasteiger partial charge is 0.387 e.